The lowest BCUT2D eigenvalue weighted by molar-refractivity contribution is -0.144. The van der Waals surface area contributed by atoms with Crippen molar-refractivity contribution >= 4 is 40.4 Å². The zero-order valence-corrected chi connectivity index (χ0v) is 15.8. The van der Waals surface area contributed by atoms with Gasteiger partial charge >= 0.3 is 11.7 Å². The van der Waals surface area contributed by atoms with Crippen LogP contribution in [0.3, 0.4) is 0 Å². The first-order valence-electron chi connectivity index (χ1n) is 9.01. The zero-order valence-electron chi connectivity index (χ0n) is 15.0. The lowest BCUT2D eigenvalue weighted by Gasteiger charge is -2.23. The molecule has 1 aliphatic heterocycles. The Labute approximate surface area is 165 Å². The van der Waals surface area contributed by atoms with Gasteiger partial charge in [0.15, 0.2) is 0 Å². The molecule has 3 aromatic rings. The molecule has 8 heteroatoms. The van der Waals surface area contributed by atoms with Gasteiger partial charge in [-0.15, -0.1) is 11.8 Å². The summed E-state index contributed by atoms with van der Waals surface area (Å²) in [6.07, 6.45) is 0.526. The van der Waals surface area contributed by atoms with E-state index in [1.54, 1.807) is 4.57 Å². The van der Waals surface area contributed by atoms with Crippen LogP contribution in [0.4, 0.5) is 5.69 Å². The SMILES string of the molecule is O=C(CC1Sc2ccccc2NC1=O)OCCCn1c(=O)[nH]c2ccccc21. The fraction of sp³-hybridized carbons (Fsp3) is 0.250. The smallest absolute Gasteiger partial charge is 0.326 e. The van der Waals surface area contributed by atoms with Gasteiger partial charge in [0.05, 0.1) is 35.0 Å². The van der Waals surface area contributed by atoms with Gasteiger partial charge in [-0.3, -0.25) is 14.2 Å². The molecule has 7 nitrogen and oxygen atoms in total. The van der Waals surface area contributed by atoms with E-state index in [0.717, 1.165) is 21.6 Å². The van der Waals surface area contributed by atoms with Crippen LogP contribution in [0.25, 0.3) is 11.0 Å². The number of H-pyrrole nitrogens is 1. The number of carbonyl (C=O) groups excluding carboxylic acids is 2. The third-order valence-corrected chi connectivity index (χ3v) is 5.80. The fourth-order valence-corrected chi connectivity index (χ4v) is 4.27. The Morgan fingerprint density at radius 1 is 1.11 bits per heavy atom. The van der Waals surface area contributed by atoms with E-state index in [4.69, 9.17) is 4.74 Å². The summed E-state index contributed by atoms with van der Waals surface area (Å²) < 4.78 is 6.90. The maximum absolute atomic E-state index is 12.2. The fourth-order valence-electron chi connectivity index (χ4n) is 3.17. The standard InChI is InChI=1S/C20H19N3O4S/c24-18(12-17-19(25)21-14-7-2-4-9-16(14)28-17)27-11-5-10-23-15-8-3-1-6-13(15)22-20(23)26/h1-4,6-9,17H,5,10-12H2,(H,21,25)(H,22,26). The van der Waals surface area contributed by atoms with Crippen molar-refractivity contribution in [3.63, 3.8) is 0 Å². The van der Waals surface area contributed by atoms with E-state index in [2.05, 4.69) is 10.3 Å². The minimum atomic E-state index is -0.501. The molecule has 1 aromatic heterocycles. The number of anilines is 1. The minimum absolute atomic E-state index is 0.0118. The molecule has 0 spiro atoms. The van der Waals surface area contributed by atoms with E-state index in [-0.39, 0.29) is 24.6 Å². The molecule has 4 rings (SSSR count). The molecule has 0 aliphatic carbocycles. The summed E-state index contributed by atoms with van der Waals surface area (Å²) in [6.45, 7) is 0.641. The highest BCUT2D eigenvalue weighted by atomic mass is 32.2. The number of hydrogen-bond acceptors (Lipinski definition) is 5. The Hall–Kier alpha value is -3.00. The third-order valence-electron chi connectivity index (χ3n) is 4.53. The van der Waals surface area contributed by atoms with E-state index in [1.165, 1.54) is 11.8 Å². The van der Waals surface area contributed by atoms with Crippen molar-refractivity contribution < 1.29 is 14.3 Å². The van der Waals surface area contributed by atoms with E-state index in [1.807, 2.05) is 48.5 Å². The van der Waals surface area contributed by atoms with Crippen LogP contribution in [0.2, 0.25) is 0 Å². The van der Waals surface area contributed by atoms with Gasteiger partial charge in [-0.25, -0.2) is 4.79 Å². The molecule has 0 bridgehead atoms. The first-order chi connectivity index (χ1) is 13.6. The number of carbonyl (C=O) groups is 2. The molecule has 0 radical (unpaired) electrons. The minimum Gasteiger partial charge on any atom is -0.466 e. The van der Waals surface area contributed by atoms with Crippen LogP contribution in [0, 0.1) is 0 Å². The van der Waals surface area contributed by atoms with Gasteiger partial charge in [-0.1, -0.05) is 24.3 Å². The number of ether oxygens (including phenoxy) is 1. The lowest BCUT2D eigenvalue weighted by atomic mass is 10.2. The number of nitrogens with one attached hydrogen (secondary N) is 2. The number of esters is 1. The second kappa shape index (κ2) is 7.93. The molecular weight excluding hydrogens is 378 g/mol. The molecule has 1 atom stereocenters. The van der Waals surface area contributed by atoms with E-state index in [9.17, 15) is 14.4 Å². The number of nitrogens with zero attached hydrogens (tertiary/aromatic N) is 1. The number of aryl methyl sites for hydroxylation is 1. The van der Waals surface area contributed by atoms with Gasteiger partial charge < -0.3 is 15.0 Å². The van der Waals surface area contributed by atoms with Gasteiger partial charge in [0.25, 0.3) is 0 Å². The number of benzene rings is 2. The molecule has 2 aromatic carbocycles. The van der Waals surface area contributed by atoms with Crippen molar-refractivity contribution in [3.8, 4) is 0 Å². The maximum atomic E-state index is 12.2. The van der Waals surface area contributed by atoms with Crippen LogP contribution in [0.1, 0.15) is 12.8 Å². The first kappa shape index (κ1) is 18.4. The van der Waals surface area contributed by atoms with E-state index < -0.39 is 11.2 Å². The molecule has 1 unspecified atom stereocenters. The Morgan fingerprint density at radius 2 is 1.89 bits per heavy atom. The number of aromatic nitrogens is 2. The van der Waals surface area contributed by atoms with Crippen LogP contribution >= 0.6 is 11.8 Å². The third kappa shape index (κ3) is 3.82. The Morgan fingerprint density at radius 3 is 2.79 bits per heavy atom. The number of fused-ring (bicyclic) bond motifs is 2. The first-order valence-corrected chi connectivity index (χ1v) is 9.89. The maximum Gasteiger partial charge on any atom is 0.326 e. The van der Waals surface area contributed by atoms with Crippen LogP contribution in [-0.4, -0.2) is 33.3 Å². The van der Waals surface area contributed by atoms with Gasteiger partial charge in [0.2, 0.25) is 5.91 Å². The average Bonchev–Trinajstić information content (AvgIpc) is 3.01. The number of amides is 1. The summed E-state index contributed by atoms with van der Waals surface area (Å²) >= 11 is 1.37. The van der Waals surface area contributed by atoms with Crippen molar-refractivity contribution in [2.75, 3.05) is 11.9 Å². The lowest BCUT2D eigenvalue weighted by Crippen LogP contribution is -2.31. The van der Waals surface area contributed by atoms with Gasteiger partial charge in [-0.2, -0.15) is 0 Å². The normalized spacial score (nSPS) is 15.9. The van der Waals surface area contributed by atoms with Gasteiger partial charge in [0, 0.05) is 11.4 Å². The topological polar surface area (TPSA) is 93.2 Å². The largest absolute Gasteiger partial charge is 0.466 e. The number of rotatable bonds is 6. The second-order valence-corrected chi connectivity index (χ2v) is 7.71. The molecule has 0 fully saturated rings. The summed E-state index contributed by atoms with van der Waals surface area (Å²) in [5.41, 5.74) is 2.20. The van der Waals surface area contributed by atoms with Crippen molar-refractivity contribution in [1.29, 1.82) is 0 Å². The van der Waals surface area contributed by atoms with Crippen molar-refractivity contribution in [2.45, 2.75) is 29.5 Å². The van der Waals surface area contributed by atoms with Crippen LogP contribution in [-0.2, 0) is 20.9 Å². The number of para-hydroxylation sites is 3. The van der Waals surface area contributed by atoms with Crippen molar-refractivity contribution in [1.82, 2.24) is 9.55 Å². The summed E-state index contributed by atoms with van der Waals surface area (Å²) in [5, 5.41) is 2.31. The van der Waals surface area contributed by atoms with E-state index >= 15 is 0 Å². The Balaban J connectivity index is 1.28. The molecule has 1 amide bonds. The molecule has 2 N–H and O–H groups in total. The number of thioether (sulfide) groups is 1. The van der Waals surface area contributed by atoms with Crippen molar-refractivity contribution in [2.24, 2.45) is 0 Å². The van der Waals surface area contributed by atoms with Gasteiger partial charge in [0.1, 0.15) is 0 Å². The van der Waals surface area contributed by atoms with Crippen LogP contribution in [0.15, 0.2) is 58.2 Å². The molecule has 28 heavy (non-hydrogen) atoms. The molecule has 0 saturated heterocycles. The van der Waals surface area contributed by atoms with Gasteiger partial charge in [-0.05, 0) is 30.7 Å². The van der Waals surface area contributed by atoms with E-state index in [0.29, 0.717) is 13.0 Å². The summed E-state index contributed by atoms with van der Waals surface area (Å²) in [4.78, 5) is 40.0. The zero-order chi connectivity index (χ0) is 19.5. The Kier molecular flexibility index (Phi) is 5.21. The van der Waals surface area contributed by atoms with Crippen LogP contribution < -0.4 is 11.0 Å². The summed E-state index contributed by atoms with van der Waals surface area (Å²) in [6, 6.07) is 14.9. The molecular formula is C20H19N3O4S. The monoisotopic (exact) mass is 397 g/mol. The molecule has 144 valence electrons. The second-order valence-electron chi connectivity index (χ2n) is 6.47. The number of hydrogen-bond donors (Lipinski definition) is 2. The summed E-state index contributed by atoms with van der Waals surface area (Å²) in [7, 11) is 0. The average molecular weight is 397 g/mol. The molecule has 1 aliphatic rings. The van der Waals surface area contributed by atoms with Crippen LogP contribution in [0.5, 0.6) is 0 Å². The quantitative estimate of drug-likeness (QED) is 0.493. The Bertz CT molecular complexity index is 1090. The predicted molar refractivity (Wildman–Crippen MR) is 107 cm³/mol. The number of aromatic amines is 1. The van der Waals surface area contributed by atoms with Crippen molar-refractivity contribution in [3.05, 3.63) is 59.0 Å². The highest BCUT2D eigenvalue weighted by Gasteiger charge is 2.29. The molecule has 0 saturated carbocycles. The highest BCUT2D eigenvalue weighted by Crippen LogP contribution is 2.36. The predicted octanol–water partition coefficient (Wildman–Crippen LogP) is 2.77. The highest BCUT2D eigenvalue weighted by molar-refractivity contribution is 8.01. The summed E-state index contributed by atoms with van der Waals surface area (Å²) in [5.74, 6) is -0.607. The number of imidazole rings is 1. The molecule has 2 heterocycles.